The van der Waals surface area contributed by atoms with E-state index in [1.165, 1.54) is 32.7 Å². The van der Waals surface area contributed by atoms with Crippen LogP contribution in [0.5, 0.6) is 23.0 Å². The highest BCUT2D eigenvalue weighted by atomic mass is 32.1. The normalized spacial score (nSPS) is 10.5. The molecule has 1 amide bonds. The first kappa shape index (κ1) is 23.4. The van der Waals surface area contributed by atoms with Crippen LogP contribution in [0.2, 0.25) is 0 Å². The number of thiazole rings is 1. The SMILES string of the molecule is CCCc1sc(NC(=O)c2cc(OC)c(OC)c(OC)c2)nc1-c1ccc(OCC)cc1. The zero-order chi connectivity index (χ0) is 23.1. The van der Waals surface area contributed by atoms with Gasteiger partial charge in [0.25, 0.3) is 5.91 Å². The Morgan fingerprint density at radius 3 is 2.19 bits per heavy atom. The van der Waals surface area contributed by atoms with E-state index in [0.29, 0.717) is 34.6 Å². The molecule has 8 heteroatoms. The number of ether oxygens (including phenoxy) is 4. The largest absolute Gasteiger partial charge is 0.494 e. The van der Waals surface area contributed by atoms with Crippen LogP contribution < -0.4 is 24.3 Å². The van der Waals surface area contributed by atoms with Gasteiger partial charge in [-0.25, -0.2) is 4.98 Å². The summed E-state index contributed by atoms with van der Waals surface area (Å²) < 4.78 is 21.6. The minimum Gasteiger partial charge on any atom is -0.494 e. The predicted molar refractivity (Wildman–Crippen MR) is 127 cm³/mol. The molecule has 0 spiro atoms. The van der Waals surface area contributed by atoms with E-state index in [1.54, 1.807) is 12.1 Å². The Balaban J connectivity index is 1.89. The Labute approximate surface area is 192 Å². The van der Waals surface area contributed by atoms with Crippen molar-refractivity contribution in [3.8, 4) is 34.3 Å². The summed E-state index contributed by atoms with van der Waals surface area (Å²) in [5.74, 6) is 1.78. The number of benzene rings is 2. The van der Waals surface area contributed by atoms with Crippen LogP contribution in [0, 0.1) is 0 Å². The second kappa shape index (κ2) is 10.9. The molecule has 0 saturated heterocycles. The fraction of sp³-hybridized carbons (Fsp3) is 0.333. The van der Waals surface area contributed by atoms with Gasteiger partial charge in [-0.3, -0.25) is 10.1 Å². The van der Waals surface area contributed by atoms with Gasteiger partial charge in [-0.15, -0.1) is 11.3 Å². The Hall–Kier alpha value is -3.26. The predicted octanol–water partition coefficient (Wildman–Crippen LogP) is 5.44. The van der Waals surface area contributed by atoms with Crippen LogP contribution >= 0.6 is 11.3 Å². The number of rotatable bonds is 10. The van der Waals surface area contributed by atoms with Gasteiger partial charge < -0.3 is 18.9 Å². The molecule has 0 radical (unpaired) electrons. The summed E-state index contributed by atoms with van der Waals surface area (Å²) in [4.78, 5) is 18.8. The molecule has 7 nitrogen and oxygen atoms in total. The first-order valence-corrected chi connectivity index (χ1v) is 11.2. The van der Waals surface area contributed by atoms with Crippen molar-refractivity contribution < 1.29 is 23.7 Å². The molecule has 0 unspecified atom stereocenters. The molecule has 1 N–H and O–H groups in total. The molecule has 0 aliphatic heterocycles. The standard InChI is InChI=1S/C24H28N2O5S/c1-6-8-20-21(15-9-11-17(12-10-15)31-7-2)25-24(32-20)26-23(27)16-13-18(28-3)22(30-5)19(14-16)29-4/h9-14H,6-8H2,1-5H3,(H,25,26,27). The summed E-state index contributed by atoms with van der Waals surface area (Å²) in [6.07, 6.45) is 1.85. The zero-order valence-corrected chi connectivity index (χ0v) is 19.8. The van der Waals surface area contributed by atoms with Gasteiger partial charge in [-0.05, 0) is 49.7 Å². The lowest BCUT2D eigenvalue weighted by Gasteiger charge is -2.13. The summed E-state index contributed by atoms with van der Waals surface area (Å²) in [5, 5.41) is 3.45. The first-order chi connectivity index (χ1) is 15.5. The van der Waals surface area contributed by atoms with Gasteiger partial charge in [-0.1, -0.05) is 13.3 Å². The van der Waals surface area contributed by atoms with Crippen LogP contribution in [0.25, 0.3) is 11.3 Å². The lowest BCUT2D eigenvalue weighted by Crippen LogP contribution is -2.12. The summed E-state index contributed by atoms with van der Waals surface area (Å²) >= 11 is 1.48. The van der Waals surface area contributed by atoms with Crippen molar-refractivity contribution in [2.24, 2.45) is 0 Å². The van der Waals surface area contributed by atoms with Crippen LogP contribution in [0.15, 0.2) is 36.4 Å². The fourth-order valence-corrected chi connectivity index (χ4v) is 4.36. The maximum Gasteiger partial charge on any atom is 0.257 e. The number of amides is 1. The number of methoxy groups -OCH3 is 3. The average molecular weight is 457 g/mol. The number of nitrogens with zero attached hydrogens (tertiary/aromatic N) is 1. The highest BCUT2D eigenvalue weighted by Gasteiger charge is 2.19. The van der Waals surface area contributed by atoms with Crippen molar-refractivity contribution in [2.75, 3.05) is 33.3 Å². The summed E-state index contributed by atoms with van der Waals surface area (Å²) in [5.41, 5.74) is 2.25. The van der Waals surface area contributed by atoms with Gasteiger partial charge >= 0.3 is 0 Å². The van der Waals surface area contributed by atoms with Crippen molar-refractivity contribution in [2.45, 2.75) is 26.7 Å². The number of carbonyl (C=O) groups is 1. The number of aryl methyl sites for hydroxylation is 1. The van der Waals surface area contributed by atoms with E-state index < -0.39 is 0 Å². The maximum atomic E-state index is 13.0. The highest BCUT2D eigenvalue weighted by molar-refractivity contribution is 7.16. The third-order valence-corrected chi connectivity index (χ3v) is 5.79. The van der Waals surface area contributed by atoms with Gasteiger partial charge in [0.1, 0.15) is 5.75 Å². The monoisotopic (exact) mass is 456 g/mol. The minimum absolute atomic E-state index is 0.306. The molecule has 3 rings (SSSR count). The van der Waals surface area contributed by atoms with E-state index in [4.69, 9.17) is 23.9 Å². The van der Waals surface area contributed by atoms with Crippen molar-refractivity contribution >= 4 is 22.4 Å². The molecule has 0 bridgehead atoms. The number of hydrogen-bond acceptors (Lipinski definition) is 7. The van der Waals surface area contributed by atoms with Gasteiger partial charge in [0.2, 0.25) is 5.75 Å². The summed E-state index contributed by atoms with van der Waals surface area (Å²) in [7, 11) is 4.55. The Morgan fingerprint density at radius 1 is 1.00 bits per heavy atom. The van der Waals surface area contributed by atoms with Crippen LogP contribution in [0.1, 0.15) is 35.5 Å². The molecular formula is C24H28N2O5S. The Kier molecular flexibility index (Phi) is 7.94. The molecule has 0 fully saturated rings. The quantitative estimate of drug-likeness (QED) is 0.438. The lowest BCUT2D eigenvalue weighted by molar-refractivity contribution is 0.102. The van der Waals surface area contributed by atoms with Crippen molar-refractivity contribution in [3.63, 3.8) is 0 Å². The number of anilines is 1. The number of aromatic nitrogens is 1. The zero-order valence-electron chi connectivity index (χ0n) is 19.0. The molecule has 170 valence electrons. The van der Waals surface area contributed by atoms with Gasteiger partial charge in [-0.2, -0.15) is 0 Å². The van der Waals surface area contributed by atoms with Crippen LogP contribution in [-0.4, -0.2) is 38.8 Å². The molecule has 0 aliphatic carbocycles. The minimum atomic E-state index is -0.306. The van der Waals surface area contributed by atoms with Crippen LogP contribution in [0.4, 0.5) is 5.13 Å². The molecule has 1 aromatic heterocycles. The average Bonchev–Trinajstić information content (AvgIpc) is 3.20. The molecule has 0 saturated carbocycles. The molecular weight excluding hydrogens is 428 g/mol. The van der Waals surface area contributed by atoms with E-state index in [-0.39, 0.29) is 5.91 Å². The number of nitrogens with one attached hydrogen (secondary N) is 1. The van der Waals surface area contributed by atoms with Crippen molar-refractivity contribution in [1.29, 1.82) is 0 Å². The fourth-order valence-electron chi connectivity index (χ4n) is 3.28. The smallest absolute Gasteiger partial charge is 0.257 e. The second-order valence-corrected chi connectivity index (χ2v) is 7.95. The van der Waals surface area contributed by atoms with Gasteiger partial charge in [0.15, 0.2) is 16.6 Å². The first-order valence-electron chi connectivity index (χ1n) is 10.4. The number of carbonyl (C=O) groups excluding carboxylic acids is 1. The molecule has 2 aromatic carbocycles. The second-order valence-electron chi connectivity index (χ2n) is 6.87. The van der Waals surface area contributed by atoms with Crippen molar-refractivity contribution in [1.82, 2.24) is 4.98 Å². The highest BCUT2D eigenvalue weighted by Crippen LogP contribution is 2.39. The summed E-state index contributed by atoms with van der Waals surface area (Å²) in [6, 6.07) is 11.1. The van der Waals surface area contributed by atoms with E-state index in [2.05, 4.69) is 12.2 Å². The van der Waals surface area contributed by atoms with Gasteiger partial charge in [0.05, 0.1) is 33.6 Å². The summed E-state index contributed by atoms with van der Waals surface area (Å²) in [6.45, 7) is 4.70. The lowest BCUT2D eigenvalue weighted by atomic mass is 10.1. The Bertz CT molecular complexity index is 1040. The maximum absolute atomic E-state index is 13.0. The topological polar surface area (TPSA) is 78.9 Å². The van der Waals surface area contributed by atoms with E-state index >= 15 is 0 Å². The van der Waals surface area contributed by atoms with Crippen LogP contribution in [-0.2, 0) is 6.42 Å². The van der Waals surface area contributed by atoms with E-state index in [0.717, 1.165) is 34.7 Å². The van der Waals surface area contributed by atoms with Crippen LogP contribution in [0.3, 0.4) is 0 Å². The van der Waals surface area contributed by atoms with E-state index in [1.807, 2.05) is 31.2 Å². The van der Waals surface area contributed by atoms with E-state index in [9.17, 15) is 4.79 Å². The molecule has 1 heterocycles. The molecule has 0 atom stereocenters. The Morgan fingerprint density at radius 2 is 1.66 bits per heavy atom. The van der Waals surface area contributed by atoms with Crippen molar-refractivity contribution in [3.05, 3.63) is 46.8 Å². The molecule has 0 aliphatic rings. The third-order valence-electron chi connectivity index (χ3n) is 4.76. The van der Waals surface area contributed by atoms with Gasteiger partial charge in [0, 0.05) is 16.0 Å². The number of hydrogen-bond donors (Lipinski definition) is 1. The molecule has 32 heavy (non-hydrogen) atoms. The third kappa shape index (κ3) is 5.13. The molecule has 3 aromatic rings.